The summed E-state index contributed by atoms with van der Waals surface area (Å²) in [4.78, 5) is 16.2. The Labute approximate surface area is 104 Å². The summed E-state index contributed by atoms with van der Waals surface area (Å²) in [6.45, 7) is 2.14. The third kappa shape index (κ3) is 3.28. The predicted molar refractivity (Wildman–Crippen MR) is 68.6 cm³/mol. The number of nitrogen functional groups attached to an aromatic ring is 1. The molecule has 0 bridgehead atoms. The van der Waals surface area contributed by atoms with Crippen LogP contribution in [0, 0.1) is 0 Å². The van der Waals surface area contributed by atoms with Gasteiger partial charge in [0.15, 0.2) is 0 Å². The van der Waals surface area contributed by atoms with Crippen LogP contribution in [-0.4, -0.2) is 6.15 Å². The quantitative estimate of drug-likeness (QED) is 0.887. The number of hydrogen-bond donors (Lipinski definition) is 1. The minimum atomic E-state index is 0.250. The molecule has 0 aliphatic heterocycles. The zero-order valence-electron chi connectivity index (χ0n) is 9.47. The van der Waals surface area contributed by atoms with Crippen LogP contribution in [0.25, 0.3) is 11.1 Å². The first kappa shape index (κ1) is 13.2. The Morgan fingerprint density at radius 2 is 1.82 bits per heavy atom. The number of benzene rings is 1. The van der Waals surface area contributed by atoms with Gasteiger partial charge in [0.25, 0.3) is 0 Å². The Bertz CT molecular complexity index is 499. The molecule has 2 aromatic rings. The monoisotopic (exact) mass is 247 g/mol. The molecule has 1 aromatic carbocycles. The molecule has 0 aliphatic carbocycles. The second kappa shape index (κ2) is 6.63. The lowest BCUT2D eigenvalue weighted by Gasteiger charge is -2.02. The molecule has 2 N–H and O–H groups in total. The molecule has 0 amide bonds. The number of anilines is 1. The smallest absolute Gasteiger partial charge is 0.373 e. The molecule has 0 aliphatic rings. The molecule has 1 aromatic heterocycles. The third-order valence-corrected chi connectivity index (χ3v) is 3.22. The summed E-state index contributed by atoms with van der Waals surface area (Å²) in [5, 5.41) is 3.09. The highest BCUT2D eigenvalue weighted by Crippen LogP contribution is 2.33. The summed E-state index contributed by atoms with van der Waals surface area (Å²) >= 11 is 1.63. The maximum atomic E-state index is 8.12. The van der Waals surface area contributed by atoms with Gasteiger partial charge in [-0.05, 0) is 23.1 Å². The Morgan fingerprint density at radius 3 is 2.35 bits per heavy atom. The van der Waals surface area contributed by atoms with E-state index in [1.165, 1.54) is 16.7 Å². The van der Waals surface area contributed by atoms with Crippen molar-refractivity contribution in [2.24, 2.45) is 0 Å². The molecule has 2 rings (SSSR count). The molecule has 88 valence electrons. The minimum Gasteiger partial charge on any atom is -0.390 e. The maximum absolute atomic E-state index is 8.12. The number of carbonyl (C=O) groups excluding carboxylic acids is 2. The van der Waals surface area contributed by atoms with E-state index in [4.69, 9.17) is 15.3 Å². The lowest BCUT2D eigenvalue weighted by molar-refractivity contribution is -0.191. The van der Waals surface area contributed by atoms with Crippen LogP contribution in [0.2, 0.25) is 0 Å². The van der Waals surface area contributed by atoms with E-state index in [1.54, 1.807) is 11.3 Å². The Hall–Kier alpha value is -1.90. The van der Waals surface area contributed by atoms with E-state index < -0.39 is 0 Å². The van der Waals surface area contributed by atoms with Crippen LogP contribution in [0.4, 0.5) is 5.00 Å². The number of thiophene rings is 1. The maximum Gasteiger partial charge on any atom is 0.373 e. The van der Waals surface area contributed by atoms with E-state index in [0.717, 1.165) is 11.4 Å². The molecule has 17 heavy (non-hydrogen) atoms. The number of nitrogens with two attached hydrogens (primary N) is 1. The fourth-order valence-electron chi connectivity index (χ4n) is 1.62. The van der Waals surface area contributed by atoms with Crippen LogP contribution in [0.15, 0.2) is 35.7 Å². The fraction of sp³-hybridized carbons (Fsp3) is 0.154. The van der Waals surface area contributed by atoms with E-state index in [-0.39, 0.29) is 6.15 Å². The molecule has 0 spiro atoms. The van der Waals surface area contributed by atoms with Gasteiger partial charge in [-0.2, -0.15) is 9.59 Å². The van der Waals surface area contributed by atoms with E-state index in [2.05, 4.69) is 36.6 Å². The topological polar surface area (TPSA) is 60.2 Å². The van der Waals surface area contributed by atoms with Gasteiger partial charge >= 0.3 is 6.15 Å². The van der Waals surface area contributed by atoms with Crippen LogP contribution >= 0.6 is 11.3 Å². The average Bonchev–Trinajstić information content (AvgIpc) is 2.72. The number of rotatable bonds is 2. The summed E-state index contributed by atoms with van der Waals surface area (Å²) in [5.74, 6) is 0. The summed E-state index contributed by atoms with van der Waals surface area (Å²) in [6.07, 6.45) is 1.25. The van der Waals surface area contributed by atoms with Crippen molar-refractivity contribution in [3.63, 3.8) is 0 Å². The van der Waals surface area contributed by atoms with Crippen molar-refractivity contribution in [1.82, 2.24) is 0 Å². The SMILES string of the molecule is CCc1c(-c2ccccc2)csc1N.O=C=O. The van der Waals surface area contributed by atoms with Gasteiger partial charge in [0.05, 0.1) is 5.00 Å². The second-order valence-electron chi connectivity index (χ2n) is 3.30. The molecule has 0 radical (unpaired) electrons. The van der Waals surface area contributed by atoms with Crippen LogP contribution in [-0.2, 0) is 16.0 Å². The van der Waals surface area contributed by atoms with Crippen molar-refractivity contribution >= 4 is 22.5 Å². The Kier molecular flexibility index (Phi) is 5.14. The van der Waals surface area contributed by atoms with Gasteiger partial charge in [0.2, 0.25) is 0 Å². The van der Waals surface area contributed by atoms with Crippen molar-refractivity contribution in [3.05, 3.63) is 41.3 Å². The van der Waals surface area contributed by atoms with Gasteiger partial charge < -0.3 is 5.73 Å². The fourth-order valence-corrected chi connectivity index (χ4v) is 2.54. The van der Waals surface area contributed by atoms with Gasteiger partial charge in [0, 0.05) is 5.38 Å². The first-order valence-electron chi connectivity index (χ1n) is 5.15. The van der Waals surface area contributed by atoms with E-state index in [0.29, 0.717) is 0 Å². The van der Waals surface area contributed by atoms with Crippen molar-refractivity contribution in [1.29, 1.82) is 0 Å². The highest BCUT2D eigenvalue weighted by molar-refractivity contribution is 7.14. The summed E-state index contributed by atoms with van der Waals surface area (Å²) < 4.78 is 0. The molecule has 3 nitrogen and oxygen atoms in total. The van der Waals surface area contributed by atoms with Crippen molar-refractivity contribution in [2.75, 3.05) is 5.73 Å². The first-order valence-corrected chi connectivity index (χ1v) is 6.03. The van der Waals surface area contributed by atoms with E-state index >= 15 is 0 Å². The predicted octanol–water partition coefficient (Wildman–Crippen LogP) is 2.98. The van der Waals surface area contributed by atoms with Crippen LogP contribution in [0.1, 0.15) is 12.5 Å². The Balaban J connectivity index is 0.000000437. The van der Waals surface area contributed by atoms with Crippen LogP contribution < -0.4 is 5.73 Å². The highest BCUT2D eigenvalue weighted by Gasteiger charge is 2.08. The van der Waals surface area contributed by atoms with Crippen molar-refractivity contribution in [3.8, 4) is 11.1 Å². The zero-order chi connectivity index (χ0) is 12.7. The summed E-state index contributed by atoms with van der Waals surface area (Å²) in [5.41, 5.74) is 9.74. The van der Waals surface area contributed by atoms with Gasteiger partial charge in [-0.15, -0.1) is 11.3 Å². The Morgan fingerprint density at radius 1 is 1.24 bits per heavy atom. The highest BCUT2D eigenvalue weighted by atomic mass is 32.1. The van der Waals surface area contributed by atoms with Gasteiger partial charge in [-0.25, -0.2) is 0 Å². The number of hydrogen-bond acceptors (Lipinski definition) is 4. The van der Waals surface area contributed by atoms with Crippen LogP contribution in [0.5, 0.6) is 0 Å². The summed E-state index contributed by atoms with van der Waals surface area (Å²) in [6, 6.07) is 10.4. The zero-order valence-corrected chi connectivity index (χ0v) is 10.3. The normalized spacial score (nSPS) is 9.00. The molecule has 0 saturated carbocycles. The average molecular weight is 247 g/mol. The molecular weight excluding hydrogens is 234 g/mol. The van der Waals surface area contributed by atoms with E-state index in [9.17, 15) is 0 Å². The summed E-state index contributed by atoms with van der Waals surface area (Å²) in [7, 11) is 0. The molecular formula is C13H13NO2S. The van der Waals surface area contributed by atoms with Crippen molar-refractivity contribution in [2.45, 2.75) is 13.3 Å². The minimum absolute atomic E-state index is 0.250. The molecule has 0 fully saturated rings. The third-order valence-electron chi connectivity index (χ3n) is 2.36. The van der Waals surface area contributed by atoms with Gasteiger partial charge in [0.1, 0.15) is 0 Å². The second-order valence-corrected chi connectivity index (χ2v) is 4.21. The lowest BCUT2D eigenvalue weighted by atomic mass is 10.0. The molecule has 1 heterocycles. The van der Waals surface area contributed by atoms with Crippen LogP contribution in [0.3, 0.4) is 0 Å². The molecule has 0 saturated heterocycles. The molecule has 0 atom stereocenters. The lowest BCUT2D eigenvalue weighted by Crippen LogP contribution is -1.88. The van der Waals surface area contributed by atoms with E-state index in [1.807, 2.05) is 6.07 Å². The van der Waals surface area contributed by atoms with Gasteiger partial charge in [-0.3, -0.25) is 0 Å². The molecule has 4 heteroatoms. The van der Waals surface area contributed by atoms with Gasteiger partial charge in [-0.1, -0.05) is 37.3 Å². The largest absolute Gasteiger partial charge is 0.390 e. The molecule has 0 unspecified atom stereocenters. The standard InChI is InChI=1S/C12H13NS.CO2/c1-2-10-11(8-14-12(10)13)9-6-4-3-5-7-9;2-1-3/h3-8H,2,13H2,1H3;. The first-order chi connectivity index (χ1) is 8.24. The van der Waals surface area contributed by atoms with Crippen molar-refractivity contribution < 1.29 is 9.59 Å².